The molecule has 192 valence electrons. The highest BCUT2D eigenvalue weighted by atomic mass is 14.5. The second kappa shape index (κ2) is 13.2. The van der Waals surface area contributed by atoms with Gasteiger partial charge in [-0.2, -0.15) is 0 Å². The Morgan fingerprint density at radius 1 is 0.879 bits per heavy atom. The molecular weight excluding hydrogens is 396 g/mol. The van der Waals surface area contributed by atoms with Crippen LogP contribution >= 0.6 is 0 Å². The monoisotopic (exact) mass is 456 g/mol. The van der Waals surface area contributed by atoms with Gasteiger partial charge in [0.1, 0.15) is 0 Å². The van der Waals surface area contributed by atoms with Crippen molar-refractivity contribution < 1.29 is 0 Å². The van der Waals surface area contributed by atoms with Gasteiger partial charge in [-0.15, -0.1) is 0 Å². The molecule has 8 unspecified atom stereocenters. The predicted molar refractivity (Wildman–Crippen MR) is 147 cm³/mol. The zero-order chi connectivity index (χ0) is 23.8. The molecule has 0 spiro atoms. The molecule has 33 heavy (non-hydrogen) atoms. The maximum atomic E-state index is 2.71. The lowest BCUT2D eigenvalue weighted by Gasteiger charge is -2.50. The van der Waals surface area contributed by atoms with Crippen molar-refractivity contribution in [2.24, 2.45) is 52.8 Å². The van der Waals surface area contributed by atoms with E-state index in [0.717, 1.165) is 47.3 Å². The van der Waals surface area contributed by atoms with Gasteiger partial charge in [0.2, 0.25) is 0 Å². The molecule has 0 amide bonds. The first-order chi connectivity index (χ1) is 16.0. The minimum absolute atomic E-state index is 0.591. The van der Waals surface area contributed by atoms with Crippen LogP contribution in [0.2, 0.25) is 0 Å². The topological polar surface area (TPSA) is 0 Å². The summed E-state index contributed by atoms with van der Waals surface area (Å²) in [6.45, 7) is 15.0. The van der Waals surface area contributed by atoms with E-state index in [2.05, 4.69) is 53.7 Å². The third-order valence-corrected chi connectivity index (χ3v) is 11.6. The average molecular weight is 457 g/mol. The van der Waals surface area contributed by atoms with Gasteiger partial charge in [0.05, 0.1) is 0 Å². The summed E-state index contributed by atoms with van der Waals surface area (Å²) in [7, 11) is 0. The highest BCUT2D eigenvalue weighted by Gasteiger charge is 2.45. The summed E-state index contributed by atoms with van der Waals surface area (Å²) in [6.07, 6.45) is 28.4. The maximum absolute atomic E-state index is 2.71. The third kappa shape index (κ3) is 6.70. The van der Waals surface area contributed by atoms with Crippen molar-refractivity contribution in [2.45, 2.75) is 144 Å². The van der Waals surface area contributed by atoms with E-state index in [-0.39, 0.29) is 0 Å². The van der Waals surface area contributed by atoms with Gasteiger partial charge < -0.3 is 0 Å². The van der Waals surface area contributed by atoms with Crippen molar-refractivity contribution in [3.05, 3.63) is 12.2 Å². The molecule has 0 aromatic heterocycles. The van der Waals surface area contributed by atoms with E-state index in [4.69, 9.17) is 0 Å². The first-order valence-electron chi connectivity index (χ1n) is 15.6. The molecule has 3 rings (SSSR count). The lowest BCUT2D eigenvalue weighted by molar-refractivity contribution is -0.00369. The SMILES string of the molecule is CCCC=CCC1C2CCC(CCCCC1C(C)C(CC)CC1CCC1C(C)(CC)CC)C2. The van der Waals surface area contributed by atoms with E-state index in [1.54, 1.807) is 6.42 Å². The van der Waals surface area contributed by atoms with Crippen LogP contribution in [0.25, 0.3) is 0 Å². The lowest BCUT2D eigenvalue weighted by atomic mass is 9.55. The Balaban J connectivity index is 1.73. The summed E-state index contributed by atoms with van der Waals surface area (Å²) in [5.41, 5.74) is 0.591. The number of unbranched alkanes of at least 4 members (excludes halogenated alkanes) is 1. The highest BCUT2D eigenvalue weighted by Crippen LogP contribution is 2.54. The van der Waals surface area contributed by atoms with Gasteiger partial charge in [0.15, 0.2) is 0 Å². The Bertz CT molecular complexity index is 569. The summed E-state index contributed by atoms with van der Waals surface area (Å²) < 4.78 is 0. The molecular formula is C33H60. The van der Waals surface area contributed by atoms with Crippen LogP contribution in [-0.4, -0.2) is 0 Å². The van der Waals surface area contributed by atoms with E-state index in [9.17, 15) is 0 Å². The van der Waals surface area contributed by atoms with Crippen LogP contribution in [0.1, 0.15) is 144 Å². The van der Waals surface area contributed by atoms with Crippen molar-refractivity contribution >= 4 is 0 Å². The summed E-state index contributed by atoms with van der Waals surface area (Å²) in [5.74, 6) is 7.86. The van der Waals surface area contributed by atoms with Crippen molar-refractivity contribution in [3.8, 4) is 0 Å². The maximum Gasteiger partial charge on any atom is -0.0300 e. The zero-order valence-corrected chi connectivity index (χ0v) is 23.6. The molecule has 0 nitrogen and oxygen atoms in total. The normalized spacial score (nSPS) is 35.0. The van der Waals surface area contributed by atoms with E-state index in [1.807, 2.05) is 0 Å². The molecule has 0 aliphatic heterocycles. The van der Waals surface area contributed by atoms with Crippen LogP contribution in [0.3, 0.4) is 0 Å². The molecule has 3 fully saturated rings. The zero-order valence-electron chi connectivity index (χ0n) is 23.6. The van der Waals surface area contributed by atoms with E-state index in [0.29, 0.717) is 5.41 Å². The van der Waals surface area contributed by atoms with E-state index < -0.39 is 0 Å². The average Bonchev–Trinajstić information content (AvgIpc) is 3.30. The fraction of sp³-hybridized carbons (Fsp3) is 0.939. The van der Waals surface area contributed by atoms with Gasteiger partial charge in [-0.3, -0.25) is 0 Å². The molecule has 0 heteroatoms. The van der Waals surface area contributed by atoms with E-state index in [1.165, 1.54) is 96.3 Å². The van der Waals surface area contributed by atoms with Crippen LogP contribution in [0.5, 0.6) is 0 Å². The van der Waals surface area contributed by atoms with E-state index >= 15 is 0 Å². The van der Waals surface area contributed by atoms with Gasteiger partial charge in [-0.05, 0) is 104 Å². The molecule has 2 bridgehead atoms. The molecule has 0 heterocycles. The minimum Gasteiger partial charge on any atom is -0.0885 e. The first kappa shape index (κ1) is 27.3. The Labute approximate surface area is 209 Å². The molecule has 0 aromatic rings. The standard InChI is InChI=1S/C33H60/c1-7-11-12-13-18-31-28-20-19-26(23-28)16-14-15-17-30(31)25(5)27(8-2)24-29-21-22-32(29)33(6,9-3)10-4/h12-13,25-32H,7-11,14-24H2,1-6H3. The van der Waals surface area contributed by atoms with Gasteiger partial charge in [0.25, 0.3) is 0 Å². The van der Waals surface area contributed by atoms with Gasteiger partial charge >= 0.3 is 0 Å². The fourth-order valence-corrected chi connectivity index (χ4v) is 8.73. The van der Waals surface area contributed by atoms with Crippen molar-refractivity contribution in [2.75, 3.05) is 0 Å². The molecule has 0 radical (unpaired) electrons. The van der Waals surface area contributed by atoms with Gasteiger partial charge in [-0.1, -0.05) is 105 Å². The second-order valence-electron chi connectivity index (χ2n) is 13.1. The van der Waals surface area contributed by atoms with Crippen molar-refractivity contribution in [3.63, 3.8) is 0 Å². The van der Waals surface area contributed by atoms with Crippen LogP contribution in [0.15, 0.2) is 12.2 Å². The van der Waals surface area contributed by atoms with Crippen molar-refractivity contribution in [1.82, 2.24) is 0 Å². The van der Waals surface area contributed by atoms with Crippen molar-refractivity contribution in [1.29, 1.82) is 0 Å². The van der Waals surface area contributed by atoms with Gasteiger partial charge in [0, 0.05) is 0 Å². The predicted octanol–water partition coefficient (Wildman–Crippen LogP) is 10.9. The molecule has 8 atom stereocenters. The lowest BCUT2D eigenvalue weighted by Crippen LogP contribution is -2.41. The number of rotatable bonds is 12. The number of fused-ring (bicyclic) bond motifs is 2. The molecule has 3 aliphatic rings. The Kier molecular flexibility index (Phi) is 10.9. The smallest absolute Gasteiger partial charge is 0.0300 e. The molecule has 3 saturated carbocycles. The molecule has 0 aromatic carbocycles. The summed E-state index contributed by atoms with van der Waals surface area (Å²) >= 11 is 0. The Morgan fingerprint density at radius 3 is 2.27 bits per heavy atom. The van der Waals surface area contributed by atoms with Crippen LogP contribution in [-0.2, 0) is 0 Å². The quantitative estimate of drug-likeness (QED) is 0.256. The molecule has 0 N–H and O–H groups in total. The second-order valence-corrected chi connectivity index (χ2v) is 13.1. The summed E-state index contributed by atoms with van der Waals surface area (Å²) in [4.78, 5) is 0. The number of allylic oxidation sites excluding steroid dienone is 2. The Morgan fingerprint density at radius 2 is 1.64 bits per heavy atom. The number of hydrogen-bond acceptors (Lipinski definition) is 0. The molecule has 3 aliphatic carbocycles. The highest BCUT2D eigenvalue weighted by molar-refractivity contribution is 4.96. The van der Waals surface area contributed by atoms with Crippen LogP contribution in [0.4, 0.5) is 0 Å². The molecule has 0 saturated heterocycles. The summed E-state index contributed by atoms with van der Waals surface area (Å²) in [5, 5.41) is 0. The van der Waals surface area contributed by atoms with Gasteiger partial charge in [-0.25, -0.2) is 0 Å². The third-order valence-electron chi connectivity index (χ3n) is 11.6. The number of hydrogen-bond donors (Lipinski definition) is 0. The first-order valence-corrected chi connectivity index (χ1v) is 15.6. The largest absolute Gasteiger partial charge is 0.0885 e. The van der Waals surface area contributed by atoms with Crippen LogP contribution in [0, 0.1) is 52.8 Å². The van der Waals surface area contributed by atoms with Crippen LogP contribution < -0.4 is 0 Å². The summed E-state index contributed by atoms with van der Waals surface area (Å²) in [6, 6.07) is 0. The minimum atomic E-state index is 0.591. The Hall–Kier alpha value is -0.260. The fourth-order valence-electron chi connectivity index (χ4n) is 8.73.